The van der Waals surface area contributed by atoms with E-state index < -0.39 is 132 Å². The number of Topliss-reactive ketones (excluding diaryl/α,β-unsaturated/α-hetero) is 1. The van der Waals surface area contributed by atoms with Gasteiger partial charge < -0.3 is 57.5 Å². The number of carbonyl (C=O) groups excluding carboxylic acids is 8. The van der Waals surface area contributed by atoms with Gasteiger partial charge in [-0.05, 0) is 51.3 Å². The number of nitrogens with one attached hydrogen (secondary N) is 6. The Morgan fingerprint density at radius 2 is 1.38 bits per heavy atom. The summed E-state index contributed by atoms with van der Waals surface area (Å²) in [6.07, 6.45) is 3.77. The molecular weight excluding hydrogens is 921 g/mol. The number of nitrogens with two attached hydrogens (primary N) is 1. The molecule has 0 bridgehead atoms. The highest BCUT2D eigenvalue weighted by molar-refractivity contribution is 6.05. The monoisotopic (exact) mass is 986 g/mol. The molecule has 71 heavy (non-hydrogen) atoms. The molecule has 1 fully saturated rings. The molecule has 2 aromatic rings. The zero-order valence-corrected chi connectivity index (χ0v) is 41.1. The largest absolute Gasteiger partial charge is 0.480 e. The quantitative estimate of drug-likeness (QED) is 0.0629. The topological polar surface area (TPSA) is 322 Å². The van der Waals surface area contributed by atoms with Gasteiger partial charge in [-0.1, -0.05) is 93.6 Å². The van der Waals surface area contributed by atoms with Crippen molar-refractivity contribution < 1.29 is 62.9 Å². The maximum Gasteiger partial charge on any atom is 0.327 e. The fourth-order valence-corrected chi connectivity index (χ4v) is 7.37. The number of nitrogen functional groups attached to an aromatic ring is 1. The number of carboxylic acids is 2. The van der Waals surface area contributed by atoms with Crippen LogP contribution in [0, 0.1) is 17.8 Å². The third-order valence-electron chi connectivity index (χ3n) is 12.1. The van der Waals surface area contributed by atoms with Crippen molar-refractivity contribution in [3.8, 4) is 0 Å². The molecule has 7 amide bonds. The minimum atomic E-state index is -2.00. The summed E-state index contributed by atoms with van der Waals surface area (Å²) < 4.78 is 5.78. The van der Waals surface area contributed by atoms with Gasteiger partial charge in [-0.25, -0.2) is 9.59 Å². The van der Waals surface area contributed by atoms with E-state index in [0.717, 1.165) is 17.4 Å². The first-order valence-electron chi connectivity index (χ1n) is 22.9. The minimum absolute atomic E-state index is 0.0204. The number of rotatable bonds is 12. The SMILES string of the molecule is C=C1C(=O)N[C@H](C)C(=O)N[C@@H](CC(=O)c2ccccc2N)C(=O)N[C@@H](C(=O)O)[C@H](C)C(=O)N[C@@H](C)C(=O)N[C@@H](/C=C/C(C)=C/[C@H](C)[C@H](Cc2ccccc2)OC)[C@H](C)C(=O)N[C@@H](C(=O)O)CCC(=O)N1C. The van der Waals surface area contributed by atoms with Crippen LogP contribution in [0.3, 0.4) is 0 Å². The summed E-state index contributed by atoms with van der Waals surface area (Å²) in [5.74, 6) is -13.6. The number of hydrogen-bond donors (Lipinski definition) is 9. The average Bonchev–Trinajstić information content (AvgIpc) is 3.32. The van der Waals surface area contributed by atoms with Gasteiger partial charge in [-0.2, -0.15) is 0 Å². The smallest absolute Gasteiger partial charge is 0.327 e. The van der Waals surface area contributed by atoms with Gasteiger partial charge in [0.2, 0.25) is 35.4 Å². The van der Waals surface area contributed by atoms with Crippen molar-refractivity contribution in [1.29, 1.82) is 0 Å². The number of aliphatic carboxylic acids is 2. The summed E-state index contributed by atoms with van der Waals surface area (Å²) in [5.41, 5.74) is 7.30. The Kier molecular flexibility index (Phi) is 21.8. The van der Waals surface area contributed by atoms with E-state index in [9.17, 15) is 58.2 Å². The molecule has 384 valence electrons. The molecule has 0 unspecified atom stereocenters. The predicted molar refractivity (Wildman–Crippen MR) is 260 cm³/mol. The lowest BCUT2D eigenvalue weighted by atomic mass is 9.94. The van der Waals surface area contributed by atoms with Crippen LogP contribution in [0.15, 0.2) is 90.7 Å². The van der Waals surface area contributed by atoms with Gasteiger partial charge in [0, 0.05) is 44.2 Å². The lowest BCUT2D eigenvalue weighted by molar-refractivity contribution is -0.146. The summed E-state index contributed by atoms with van der Waals surface area (Å²) in [7, 11) is 2.78. The molecule has 21 heteroatoms. The van der Waals surface area contributed by atoms with Crippen molar-refractivity contribution in [2.45, 2.75) is 110 Å². The molecule has 0 aliphatic carbocycles. The molecule has 3 rings (SSSR count). The predicted octanol–water partition coefficient (Wildman–Crippen LogP) is 1.39. The van der Waals surface area contributed by atoms with Crippen LogP contribution < -0.4 is 37.6 Å². The fourth-order valence-electron chi connectivity index (χ4n) is 7.37. The number of methoxy groups -OCH3 is 1. The van der Waals surface area contributed by atoms with Crippen molar-refractivity contribution in [2.75, 3.05) is 19.9 Å². The van der Waals surface area contributed by atoms with Gasteiger partial charge in [0.25, 0.3) is 5.91 Å². The zero-order chi connectivity index (χ0) is 53.3. The molecule has 10 N–H and O–H groups in total. The highest BCUT2D eigenvalue weighted by atomic mass is 16.5. The maximum absolute atomic E-state index is 13.9. The van der Waals surface area contributed by atoms with Gasteiger partial charge in [-0.15, -0.1) is 0 Å². The van der Waals surface area contributed by atoms with Gasteiger partial charge in [0.15, 0.2) is 5.78 Å². The lowest BCUT2D eigenvalue weighted by Crippen LogP contribution is -2.59. The number of nitrogens with zero attached hydrogens (tertiary/aromatic N) is 1. The molecule has 1 aliphatic rings. The molecule has 0 saturated carbocycles. The fraction of sp³-hybridized carbons (Fsp3) is 0.440. The molecule has 1 heterocycles. The highest BCUT2D eigenvalue weighted by Crippen LogP contribution is 2.19. The lowest BCUT2D eigenvalue weighted by Gasteiger charge is -2.27. The molecular formula is C50H66N8O13. The van der Waals surface area contributed by atoms with Crippen molar-refractivity contribution >= 4 is 64.8 Å². The van der Waals surface area contributed by atoms with E-state index in [1.54, 1.807) is 26.2 Å². The van der Waals surface area contributed by atoms with E-state index in [-0.39, 0.29) is 23.3 Å². The van der Waals surface area contributed by atoms with E-state index in [4.69, 9.17) is 10.5 Å². The number of likely N-dealkylation sites (N-methyl/N-ethyl adjacent to an activating group) is 1. The Morgan fingerprint density at radius 3 is 1.99 bits per heavy atom. The van der Waals surface area contributed by atoms with Crippen molar-refractivity contribution in [3.63, 3.8) is 0 Å². The number of carboxylic acid groups (broad SMARTS) is 2. The van der Waals surface area contributed by atoms with Crippen LogP contribution in [-0.2, 0) is 54.3 Å². The second-order valence-corrected chi connectivity index (χ2v) is 17.6. The molecule has 0 aromatic heterocycles. The third-order valence-corrected chi connectivity index (χ3v) is 12.1. The molecule has 10 atom stereocenters. The van der Waals surface area contributed by atoms with E-state index in [0.29, 0.717) is 12.0 Å². The average molecular weight is 987 g/mol. The summed E-state index contributed by atoms with van der Waals surface area (Å²) in [6, 6.07) is 6.14. The van der Waals surface area contributed by atoms with Gasteiger partial charge >= 0.3 is 11.9 Å². The normalized spacial score (nSPS) is 25.2. The van der Waals surface area contributed by atoms with Crippen LogP contribution in [0.2, 0.25) is 0 Å². The van der Waals surface area contributed by atoms with Crippen molar-refractivity contribution in [3.05, 3.63) is 102 Å². The number of ketones is 1. The van der Waals surface area contributed by atoms with E-state index in [2.05, 4.69) is 38.5 Å². The number of ether oxygens (including phenoxy) is 1. The molecule has 2 aromatic carbocycles. The summed E-state index contributed by atoms with van der Waals surface area (Å²) >= 11 is 0. The number of allylic oxidation sites excluding steroid dienone is 2. The van der Waals surface area contributed by atoms with E-state index in [1.165, 1.54) is 52.1 Å². The number of carbonyl (C=O) groups is 10. The van der Waals surface area contributed by atoms with Crippen LogP contribution in [0.5, 0.6) is 0 Å². The van der Waals surface area contributed by atoms with Gasteiger partial charge in [0.1, 0.15) is 35.9 Å². The molecule has 0 radical (unpaired) electrons. The van der Waals surface area contributed by atoms with Gasteiger partial charge in [0.05, 0.1) is 24.0 Å². The van der Waals surface area contributed by atoms with E-state index >= 15 is 0 Å². The van der Waals surface area contributed by atoms with Crippen molar-refractivity contribution in [2.24, 2.45) is 17.8 Å². The molecule has 0 spiro atoms. The first-order valence-corrected chi connectivity index (χ1v) is 22.9. The summed E-state index contributed by atoms with van der Waals surface area (Å²) in [6.45, 7) is 12.4. The Hall–Kier alpha value is -7.68. The molecule has 21 nitrogen and oxygen atoms in total. The van der Waals surface area contributed by atoms with Crippen LogP contribution in [0.4, 0.5) is 5.69 Å². The summed E-state index contributed by atoms with van der Waals surface area (Å²) in [5, 5.41) is 34.7. The molecule has 1 saturated heterocycles. The first-order chi connectivity index (χ1) is 33.4. The number of hydrogen-bond acceptors (Lipinski definition) is 12. The van der Waals surface area contributed by atoms with Gasteiger partial charge in [-0.3, -0.25) is 38.4 Å². The Bertz CT molecular complexity index is 2390. The number of amides is 7. The Morgan fingerprint density at radius 1 is 0.789 bits per heavy atom. The van der Waals surface area contributed by atoms with E-state index in [1.807, 2.05) is 43.3 Å². The Labute approximate surface area is 412 Å². The van der Waals surface area contributed by atoms with Crippen LogP contribution in [-0.4, -0.2) is 131 Å². The third kappa shape index (κ3) is 17.1. The standard InChI is InChI=1S/C50H66N8O13/c1-26(23-27(2)40(71-9)24-33-15-11-10-12-16-33)19-20-36-28(3)43(61)55-37(49(67)68)21-22-41(60)58(8)32(7)47(65)53-31(6)46(64)56-38(25-39(59)34-17-13-14-18-35(34)51)48(66)57-42(50(69)70)29(4)44(62)52-30(5)45(63)54-36/h10-20,23,27-31,36-38,40,42H,7,21-22,24-25,51H2,1-6,8-9H3,(H,52,62)(H,53,65)(H,54,63)(H,55,61)(H,56,64)(H,57,66)(H,67,68)(H,69,70)/b20-19+,26-23+/t27-,28-,29-,30-,31+,36-,37+,38-,40-,42+/m0/s1. The second kappa shape index (κ2) is 26.9. The minimum Gasteiger partial charge on any atom is -0.480 e. The van der Waals surface area contributed by atoms with Crippen LogP contribution in [0.1, 0.15) is 76.7 Å². The number of anilines is 1. The van der Waals surface area contributed by atoms with Crippen LogP contribution >= 0.6 is 0 Å². The zero-order valence-electron chi connectivity index (χ0n) is 41.1. The first kappa shape index (κ1) is 57.6. The number of benzene rings is 2. The summed E-state index contributed by atoms with van der Waals surface area (Å²) in [4.78, 5) is 135. The second-order valence-electron chi connectivity index (χ2n) is 17.6. The molecule has 1 aliphatic heterocycles. The Balaban J connectivity index is 2.04. The van der Waals surface area contributed by atoms with Crippen LogP contribution in [0.25, 0.3) is 0 Å². The van der Waals surface area contributed by atoms with Crippen molar-refractivity contribution in [1.82, 2.24) is 36.8 Å². The maximum atomic E-state index is 13.9. The number of para-hydroxylation sites is 1. The highest BCUT2D eigenvalue weighted by Gasteiger charge is 2.37.